The second kappa shape index (κ2) is 4.66. The topological polar surface area (TPSA) is 12.4 Å². The molecular weight excluding hydrogens is 208 g/mol. The van der Waals surface area contributed by atoms with Gasteiger partial charge in [-0.05, 0) is 17.7 Å². The summed E-state index contributed by atoms with van der Waals surface area (Å²) < 4.78 is 26.4. The van der Waals surface area contributed by atoms with Gasteiger partial charge in [-0.2, -0.15) is 0 Å². The molecule has 0 aliphatic heterocycles. The molecule has 2 aromatic carbocycles. The van der Waals surface area contributed by atoms with Crippen molar-refractivity contribution in [3.05, 3.63) is 65.7 Å². The van der Waals surface area contributed by atoms with Crippen molar-refractivity contribution in [2.24, 2.45) is 4.99 Å². The van der Waals surface area contributed by atoms with Crippen molar-refractivity contribution in [1.29, 1.82) is 0 Å². The van der Waals surface area contributed by atoms with E-state index in [2.05, 4.69) is 4.99 Å². The van der Waals surface area contributed by atoms with E-state index in [1.165, 1.54) is 24.4 Å². The van der Waals surface area contributed by atoms with Crippen LogP contribution in [0.1, 0.15) is 5.56 Å². The highest BCUT2D eigenvalue weighted by molar-refractivity contribution is 5.81. The summed E-state index contributed by atoms with van der Waals surface area (Å²) in [4.78, 5) is 3.80. The highest BCUT2D eigenvalue weighted by Gasteiger charge is 2.05. The highest BCUT2D eigenvalue weighted by atomic mass is 19.1. The van der Waals surface area contributed by atoms with Gasteiger partial charge in [0.05, 0.1) is 0 Å². The van der Waals surface area contributed by atoms with E-state index in [1.54, 1.807) is 0 Å². The minimum Gasteiger partial charge on any atom is -0.250 e. The second-order valence-electron chi connectivity index (χ2n) is 3.24. The first kappa shape index (κ1) is 10.5. The Morgan fingerprint density at radius 2 is 1.44 bits per heavy atom. The first-order valence-electron chi connectivity index (χ1n) is 4.80. The van der Waals surface area contributed by atoms with Crippen molar-refractivity contribution < 1.29 is 8.78 Å². The predicted octanol–water partition coefficient (Wildman–Crippen LogP) is 3.72. The molecule has 0 amide bonds. The molecule has 0 atom stereocenters. The van der Waals surface area contributed by atoms with Gasteiger partial charge in [0.2, 0.25) is 0 Å². The molecule has 2 aromatic rings. The van der Waals surface area contributed by atoms with Gasteiger partial charge in [-0.15, -0.1) is 0 Å². The van der Waals surface area contributed by atoms with Gasteiger partial charge in [-0.3, -0.25) is 4.99 Å². The third-order valence-electron chi connectivity index (χ3n) is 2.08. The lowest BCUT2D eigenvalue weighted by molar-refractivity contribution is 0.587. The quantitative estimate of drug-likeness (QED) is 0.680. The zero-order valence-electron chi connectivity index (χ0n) is 8.40. The van der Waals surface area contributed by atoms with Gasteiger partial charge in [0, 0.05) is 6.21 Å². The normalized spacial score (nSPS) is 10.9. The van der Waals surface area contributed by atoms with Crippen molar-refractivity contribution in [3.63, 3.8) is 0 Å². The summed E-state index contributed by atoms with van der Waals surface area (Å²) in [5, 5.41) is 0. The van der Waals surface area contributed by atoms with E-state index in [0.29, 0.717) is 0 Å². The SMILES string of the molecule is Fc1cccc(F)c1N=Cc1ccccc1. The lowest BCUT2D eigenvalue weighted by atomic mass is 10.2. The first-order valence-corrected chi connectivity index (χ1v) is 4.80. The number of nitrogens with zero attached hydrogens (tertiary/aromatic N) is 1. The van der Waals surface area contributed by atoms with E-state index in [-0.39, 0.29) is 5.69 Å². The Bertz CT molecular complexity index is 486. The van der Waals surface area contributed by atoms with Crippen molar-refractivity contribution in [2.45, 2.75) is 0 Å². The molecule has 0 radical (unpaired) electrons. The van der Waals surface area contributed by atoms with Gasteiger partial charge in [0.1, 0.15) is 5.69 Å². The molecule has 3 heteroatoms. The molecule has 0 aromatic heterocycles. The van der Waals surface area contributed by atoms with Crippen molar-refractivity contribution in [3.8, 4) is 0 Å². The van der Waals surface area contributed by atoms with Gasteiger partial charge in [-0.25, -0.2) is 8.78 Å². The van der Waals surface area contributed by atoms with Crippen LogP contribution in [0.3, 0.4) is 0 Å². The molecule has 0 aliphatic rings. The number of para-hydroxylation sites is 1. The van der Waals surface area contributed by atoms with Gasteiger partial charge in [0.15, 0.2) is 11.6 Å². The fourth-order valence-corrected chi connectivity index (χ4v) is 1.29. The molecule has 0 saturated carbocycles. The van der Waals surface area contributed by atoms with Crippen LogP contribution < -0.4 is 0 Å². The fraction of sp³-hybridized carbons (Fsp3) is 0. The minimum atomic E-state index is -0.660. The number of hydrogen-bond acceptors (Lipinski definition) is 1. The van der Waals surface area contributed by atoms with Crippen molar-refractivity contribution in [1.82, 2.24) is 0 Å². The molecule has 0 saturated heterocycles. The zero-order valence-corrected chi connectivity index (χ0v) is 8.40. The molecule has 0 heterocycles. The van der Waals surface area contributed by atoms with Crippen LogP contribution in [-0.4, -0.2) is 6.21 Å². The van der Waals surface area contributed by atoms with E-state index in [9.17, 15) is 8.78 Å². The van der Waals surface area contributed by atoms with Crippen LogP contribution in [0.15, 0.2) is 53.5 Å². The standard InChI is InChI=1S/C13H9F2N/c14-11-7-4-8-12(15)13(11)16-9-10-5-2-1-3-6-10/h1-9H. The third kappa shape index (κ3) is 2.31. The van der Waals surface area contributed by atoms with Crippen LogP contribution in [0.5, 0.6) is 0 Å². The number of hydrogen-bond donors (Lipinski definition) is 0. The van der Waals surface area contributed by atoms with Crippen molar-refractivity contribution >= 4 is 11.9 Å². The highest BCUT2D eigenvalue weighted by Crippen LogP contribution is 2.21. The Hall–Kier alpha value is -2.03. The van der Waals surface area contributed by atoms with E-state index >= 15 is 0 Å². The van der Waals surface area contributed by atoms with Crippen molar-refractivity contribution in [2.75, 3.05) is 0 Å². The Morgan fingerprint density at radius 1 is 0.812 bits per heavy atom. The average molecular weight is 217 g/mol. The Kier molecular flexibility index (Phi) is 3.05. The molecule has 80 valence electrons. The summed E-state index contributed by atoms with van der Waals surface area (Å²) in [5.74, 6) is -1.32. The molecular formula is C13H9F2N. The van der Waals surface area contributed by atoms with Crippen LogP contribution >= 0.6 is 0 Å². The smallest absolute Gasteiger partial charge is 0.151 e. The number of rotatable bonds is 2. The summed E-state index contributed by atoms with van der Waals surface area (Å²) in [5.41, 5.74) is 0.538. The van der Waals surface area contributed by atoms with Crippen LogP contribution in [-0.2, 0) is 0 Å². The number of halogens is 2. The molecule has 0 spiro atoms. The third-order valence-corrected chi connectivity index (χ3v) is 2.08. The molecule has 0 unspecified atom stereocenters. The second-order valence-corrected chi connectivity index (χ2v) is 3.24. The maximum Gasteiger partial charge on any atom is 0.151 e. The van der Waals surface area contributed by atoms with E-state index in [4.69, 9.17) is 0 Å². The van der Waals surface area contributed by atoms with Crippen LogP contribution in [0.2, 0.25) is 0 Å². The van der Waals surface area contributed by atoms with Gasteiger partial charge >= 0.3 is 0 Å². The fourth-order valence-electron chi connectivity index (χ4n) is 1.29. The maximum atomic E-state index is 13.2. The van der Waals surface area contributed by atoms with E-state index in [1.807, 2.05) is 30.3 Å². The largest absolute Gasteiger partial charge is 0.250 e. The Morgan fingerprint density at radius 3 is 2.06 bits per heavy atom. The monoisotopic (exact) mass is 217 g/mol. The summed E-state index contributed by atoms with van der Waals surface area (Å²) in [7, 11) is 0. The Balaban J connectivity index is 2.31. The predicted molar refractivity (Wildman–Crippen MR) is 60.1 cm³/mol. The number of benzene rings is 2. The first-order chi connectivity index (χ1) is 7.77. The van der Waals surface area contributed by atoms with Gasteiger partial charge in [-0.1, -0.05) is 36.4 Å². The van der Waals surface area contributed by atoms with Crippen LogP contribution in [0.25, 0.3) is 0 Å². The summed E-state index contributed by atoms with van der Waals surface area (Å²) in [6.45, 7) is 0. The van der Waals surface area contributed by atoms with Gasteiger partial charge in [0.25, 0.3) is 0 Å². The molecule has 0 bridgehead atoms. The summed E-state index contributed by atoms with van der Waals surface area (Å²) >= 11 is 0. The van der Waals surface area contributed by atoms with E-state index < -0.39 is 11.6 Å². The van der Waals surface area contributed by atoms with Crippen LogP contribution in [0, 0.1) is 11.6 Å². The maximum absolute atomic E-state index is 13.2. The Labute approximate surface area is 92.1 Å². The molecule has 0 N–H and O–H groups in total. The molecule has 1 nitrogen and oxygen atoms in total. The lowest BCUT2D eigenvalue weighted by Gasteiger charge is -1.97. The molecule has 0 fully saturated rings. The zero-order chi connectivity index (χ0) is 11.4. The summed E-state index contributed by atoms with van der Waals surface area (Å²) in [6, 6.07) is 12.8. The molecule has 2 rings (SSSR count). The molecule has 16 heavy (non-hydrogen) atoms. The average Bonchev–Trinajstić information content (AvgIpc) is 2.30. The van der Waals surface area contributed by atoms with Crippen LogP contribution in [0.4, 0.5) is 14.5 Å². The minimum absolute atomic E-state index is 0.258. The summed E-state index contributed by atoms with van der Waals surface area (Å²) in [6.07, 6.45) is 1.43. The molecule has 0 aliphatic carbocycles. The number of aliphatic imine (C=N–C) groups is 1. The van der Waals surface area contributed by atoms with Gasteiger partial charge < -0.3 is 0 Å². The van der Waals surface area contributed by atoms with E-state index in [0.717, 1.165) is 5.56 Å². The lowest BCUT2D eigenvalue weighted by Crippen LogP contribution is -1.84.